The van der Waals surface area contributed by atoms with Crippen LogP contribution in [0.15, 0.2) is 41.8 Å². The van der Waals surface area contributed by atoms with E-state index in [2.05, 4.69) is 36.9 Å². The minimum absolute atomic E-state index is 0.00915. The largest absolute Gasteiger partial charge is 0.481 e. The molecule has 7 N–H and O–H groups in total. The van der Waals surface area contributed by atoms with Gasteiger partial charge in [-0.05, 0) is 94.5 Å². The van der Waals surface area contributed by atoms with Gasteiger partial charge in [0.1, 0.15) is 36.0 Å². The van der Waals surface area contributed by atoms with Crippen molar-refractivity contribution in [1.82, 2.24) is 46.3 Å². The van der Waals surface area contributed by atoms with Crippen molar-refractivity contribution in [3.05, 3.63) is 58.1 Å². The SMILES string of the molecule is CCCCNC(=O)[C@H](CCCCNC(=O)COCCOCCOCCOCCOCCOCCOCCOCCOC(=O)Nc1ccc(C[C@@H](C[C@H](C)C(=O)O)NC(=O)c2csc([C@@H](C[C@H](C(C)C)N(C)C(=O)[C@@H](NC(=O)[C@H](C(C)C)N(C)C)[C@@H](C)CC)OC(C)=O)n2)cc1)NC(=O)CCCN1C(=O)C=CC1=O. The van der Waals surface area contributed by atoms with Gasteiger partial charge in [0.05, 0.1) is 111 Å². The second-order valence-corrected chi connectivity index (χ2v) is 28.1. The summed E-state index contributed by atoms with van der Waals surface area (Å²) in [4.78, 5) is 149. The molecule has 0 fully saturated rings. The smallest absolute Gasteiger partial charge is 0.411 e. The fraction of sp³-hybridized carbons (Fsp3) is 0.707. The minimum Gasteiger partial charge on any atom is -0.481 e. The predicted molar refractivity (Wildman–Crippen MR) is 402 cm³/mol. The molecule has 610 valence electrons. The van der Waals surface area contributed by atoms with E-state index in [4.69, 9.17) is 47.4 Å². The molecule has 108 heavy (non-hydrogen) atoms. The highest BCUT2D eigenvalue weighted by molar-refractivity contribution is 7.09. The number of carbonyl (C=O) groups excluding carboxylic acids is 10. The Bertz CT molecular complexity index is 3020. The van der Waals surface area contributed by atoms with Crippen LogP contribution in [0.1, 0.15) is 154 Å². The van der Waals surface area contributed by atoms with Gasteiger partial charge in [-0.2, -0.15) is 0 Å². The highest BCUT2D eigenvalue weighted by Gasteiger charge is 2.38. The lowest BCUT2D eigenvalue weighted by molar-refractivity contribution is -0.149. The van der Waals surface area contributed by atoms with Crippen LogP contribution in [0.5, 0.6) is 0 Å². The monoisotopic (exact) mass is 1550 g/mol. The van der Waals surface area contributed by atoms with Crippen molar-refractivity contribution in [2.45, 2.75) is 169 Å². The summed E-state index contributed by atoms with van der Waals surface area (Å²) >= 11 is 1.12. The molecule has 0 saturated heterocycles. The zero-order valence-electron chi connectivity index (χ0n) is 65.5. The molecule has 0 spiro atoms. The molecule has 0 bridgehead atoms. The van der Waals surface area contributed by atoms with Gasteiger partial charge in [-0.25, -0.2) is 9.78 Å². The summed E-state index contributed by atoms with van der Waals surface area (Å²) in [6.07, 6.45) is 5.39. The molecular formula is C75H122N10O22S. The summed E-state index contributed by atoms with van der Waals surface area (Å²) in [5.41, 5.74) is 1.22. The highest BCUT2D eigenvalue weighted by Crippen LogP contribution is 2.31. The van der Waals surface area contributed by atoms with Gasteiger partial charge in [0.25, 0.3) is 17.7 Å². The number of amides is 9. The third-order valence-electron chi connectivity index (χ3n) is 17.4. The lowest BCUT2D eigenvalue weighted by Gasteiger charge is -2.37. The van der Waals surface area contributed by atoms with Crippen molar-refractivity contribution in [3.8, 4) is 0 Å². The van der Waals surface area contributed by atoms with Crippen LogP contribution < -0.4 is 31.9 Å². The van der Waals surface area contributed by atoms with E-state index in [0.717, 1.165) is 34.6 Å². The number of nitrogens with one attached hydrogen (secondary N) is 6. The van der Waals surface area contributed by atoms with Gasteiger partial charge in [-0.3, -0.25) is 63.1 Å². The third-order valence-corrected chi connectivity index (χ3v) is 18.4. The van der Waals surface area contributed by atoms with E-state index in [1.54, 1.807) is 43.1 Å². The summed E-state index contributed by atoms with van der Waals surface area (Å²) in [5, 5.41) is 28.8. The van der Waals surface area contributed by atoms with E-state index >= 15 is 0 Å². The standard InChI is InChI=1S/C75H122N10O22S/c1-13-15-27-77-69(91)59(80-63(87)20-18-29-85-65(89)25-26-66(85)90)19-16-17-28-76-64(88)49-105-43-42-103-39-38-101-35-34-99-31-30-98-32-33-100-36-37-102-40-41-104-44-45-106-75(97)79-57-23-21-56(22-24-57)47-58(46-54(8)74(95)96)78-70(92)60-50-108-72(81-60)62(107-55(9)86)48-61(51(3)4)84(12)73(94)67(53(7)14-2)82-71(93)68(52(5)6)83(10)11/h21-26,50-54,58-59,61-62,67-68H,13-20,27-49H2,1-12H3,(H,76,88)(H,77,91)(H,78,92)(H,79,97)(H,80,87)(H,82,93)(H,95,96)/t53-,54-,58+,59-,61+,62+,67-,68-/m0/s1. The number of imide groups is 1. The molecule has 0 radical (unpaired) electrons. The second-order valence-electron chi connectivity index (χ2n) is 27.2. The maximum Gasteiger partial charge on any atom is 0.411 e. The summed E-state index contributed by atoms with van der Waals surface area (Å²) in [5.74, 6) is -5.60. The third kappa shape index (κ3) is 39.2. The number of carboxylic acid groups (broad SMARTS) is 1. The van der Waals surface area contributed by atoms with Crippen molar-refractivity contribution in [1.29, 1.82) is 0 Å². The first-order valence-corrected chi connectivity index (χ1v) is 38.5. The van der Waals surface area contributed by atoms with Gasteiger partial charge in [0.15, 0.2) is 6.10 Å². The zero-order chi connectivity index (χ0) is 79.8. The van der Waals surface area contributed by atoms with Gasteiger partial charge in [-0.15, -0.1) is 11.3 Å². The summed E-state index contributed by atoms with van der Waals surface area (Å²) in [7, 11) is 5.33. The molecule has 32 nitrogen and oxygen atoms in total. The topological polar surface area (TPSA) is 395 Å². The number of aliphatic carboxylic acids is 1. The van der Waals surface area contributed by atoms with Gasteiger partial charge in [0.2, 0.25) is 29.5 Å². The zero-order valence-corrected chi connectivity index (χ0v) is 66.3. The Morgan fingerprint density at radius 2 is 1.17 bits per heavy atom. The van der Waals surface area contributed by atoms with Gasteiger partial charge in [-0.1, -0.05) is 80.4 Å². The number of benzene rings is 1. The van der Waals surface area contributed by atoms with Gasteiger partial charge >= 0.3 is 18.0 Å². The number of anilines is 1. The highest BCUT2D eigenvalue weighted by atomic mass is 32.1. The van der Waals surface area contributed by atoms with Crippen molar-refractivity contribution in [2.75, 3.05) is 158 Å². The Morgan fingerprint density at radius 3 is 1.68 bits per heavy atom. The molecule has 2 heterocycles. The fourth-order valence-corrected chi connectivity index (χ4v) is 12.2. The normalized spacial score (nSPS) is 14.4. The Labute approximate surface area is 640 Å². The van der Waals surface area contributed by atoms with E-state index < -0.39 is 78.0 Å². The van der Waals surface area contributed by atoms with E-state index in [1.165, 1.54) is 24.5 Å². The van der Waals surface area contributed by atoms with E-state index in [-0.39, 0.29) is 131 Å². The molecule has 8 atom stereocenters. The molecule has 1 aliphatic rings. The number of carbonyl (C=O) groups is 11. The number of hydrogen-bond acceptors (Lipinski definition) is 24. The van der Waals surface area contributed by atoms with Crippen molar-refractivity contribution in [2.24, 2.45) is 23.7 Å². The van der Waals surface area contributed by atoms with Crippen LogP contribution in [0.3, 0.4) is 0 Å². The number of esters is 1. The quantitative estimate of drug-likeness (QED) is 0.0252. The number of carboxylic acids is 1. The maximum absolute atomic E-state index is 14.4. The Morgan fingerprint density at radius 1 is 0.620 bits per heavy atom. The molecule has 1 aliphatic heterocycles. The lowest BCUT2D eigenvalue weighted by atomic mass is 9.92. The number of hydrogen-bond donors (Lipinski definition) is 7. The number of nitrogens with zero attached hydrogens (tertiary/aromatic N) is 4. The first-order valence-electron chi connectivity index (χ1n) is 37.6. The molecule has 3 rings (SSSR count). The number of unbranched alkanes of at least 4 members (excludes halogenated alkanes) is 2. The number of aromatic nitrogens is 1. The van der Waals surface area contributed by atoms with E-state index in [9.17, 15) is 57.8 Å². The van der Waals surface area contributed by atoms with Crippen LogP contribution in [-0.2, 0) is 96.9 Å². The number of likely N-dealkylation sites (N-methyl/N-ethyl adjacent to an activating group) is 2. The van der Waals surface area contributed by atoms with Crippen molar-refractivity contribution in [3.63, 3.8) is 0 Å². The van der Waals surface area contributed by atoms with Crippen LogP contribution in [-0.4, -0.2) is 273 Å². The summed E-state index contributed by atoms with van der Waals surface area (Å²) < 4.78 is 55.1. The summed E-state index contributed by atoms with van der Waals surface area (Å²) in [6, 6.07) is 3.66. The van der Waals surface area contributed by atoms with Crippen molar-refractivity contribution >= 4 is 82.3 Å². The molecule has 0 aliphatic carbocycles. The average molecular weight is 1550 g/mol. The molecule has 33 heteroatoms. The second kappa shape index (κ2) is 54.9. The van der Waals surface area contributed by atoms with E-state index in [0.29, 0.717) is 122 Å². The fourth-order valence-electron chi connectivity index (χ4n) is 11.4. The minimum atomic E-state index is -1.04. The first-order chi connectivity index (χ1) is 51.7. The Hall–Kier alpha value is -7.60. The Kier molecular flexibility index (Phi) is 48.1. The van der Waals surface area contributed by atoms with Crippen LogP contribution in [0.25, 0.3) is 0 Å². The molecule has 0 saturated carbocycles. The summed E-state index contributed by atoms with van der Waals surface area (Å²) in [6.45, 7) is 22.2. The molecular weight excluding hydrogens is 1420 g/mol. The van der Waals surface area contributed by atoms with Crippen molar-refractivity contribution < 1.29 is 105 Å². The molecule has 2 aromatic rings. The number of thiazole rings is 1. The molecule has 9 amide bonds. The average Bonchev–Trinajstić information content (AvgIpc) is 1.39. The lowest BCUT2D eigenvalue weighted by Crippen LogP contribution is -2.58. The van der Waals surface area contributed by atoms with E-state index in [1.807, 2.05) is 67.5 Å². The first kappa shape index (κ1) is 94.6. The number of ether oxygens (including phenoxy) is 10. The van der Waals surface area contributed by atoms with Gasteiger partial charge < -0.3 is 84.0 Å². The van der Waals surface area contributed by atoms with Crippen LogP contribution >= 0.6 is 11.3 Å². The predicted octanol–water partition coefficient (Wildman–Crippen LogP) is 5.26. The number of rotatable bonds is 61. The van der Waals surface area contributed by atoms with Crippen LogP contribution in [0.4, 0.5) is 10.5 Å². The van der Waals surface area contributed by atoms with Gasteiger partial charge in [0, 0.05) is 81.8 Å². The molecule has 1 aromatic heterocycles. The van der Waals surface area contributed by atoms with Crippen LogP contribution in [0.2, 0.25) is 0 Å². The molecule has 1 aromatic carbocycles. The maximum atomic E-state index is 14.4. The Balaban J connectivity index is 1.22. The molecule has 0 unspecified atom stereocenters. The van der Waals surface area contributed by atoms with Crippen LogP contribution in [0, 0.1) is 23.7 Å².